The molecule has 0 spiro atoms. The molecule has 2 rings (SSSR count). The van der Waals surface area contributed by atoms with E-state index < -0.39 is 0 Å². The van der Waals surface area contributed by atoms with Crippen LogP contribution < -0.4 is 5.32 Å². The van der Waals surface area contributed by atoms with Crippen molar-refractivity contribution in [1.82, 2.24) is 10.2 Å². The molecule has 4 heteroatoms. The zero-order chi connectivity index (χ0) is 15.1. The molecule has 114 valence electrons. The van der Waals surface area contributed by atoms with Crippen molar-refractivity contribution in [3.63, 3.8) is 0 Å². The second-order valence-electron chi connectivity index (χ2n) is 5.80. The van der Waals surface area contributed by atoms with E-state index in [4.69, 9.17) is 5.26 Å². The first-order valence-corrected chi connectivity index (χ1v) is 7.87. The summed E-state index contributed by atoms with van der Waals surface area (Å²) in [5, 5.41) is 12.7. The first-order chi connectivity index (χ1) is 10.2. The fourth-order valence-corrected chi connectivity index (χ4v) is 2.97. The van der Waals surface area contributed by atoms with E-state index in [0.29, 0.717) is 11.6 Å². The Labute approximate surface area is 126 Å². The lowest BCUT2D eigenvalue weighted by molar-refractivity contribution is 0.217. The third-order valence-electron chi connectivity index (χ3n) is 4.02. The molecule has 1 N–H and O–H groups in total. The van der Waals surface area contributed by atoms with Gasteiger partial charge in [0.25, 0.3) is 0 Å². The summed E-state index contributed by atoms with van der Waals surface area (Å²) >= 11 is 0. The van der Waals surface area contributed by atoms with Crippen molar-refractivity contribution < 1.29 is 4.39 Å². The van der Waals surface area contributed by atoms with Crippen molar-refractivity contribution in [2.24, 2.45) is 0 Å². The molecule has 0 radical (unpaired) electrons. The Morgan fingerprint density at radius 2 is 2.29 bits per heavy atom. The van der Waals surface area contributed by atoms with E-state index in [1.165, 1.54) is 31.4 Å². The lowest BCUT2D eigenvalue weighted by Crippen LogP contribution is -2.43. The fourth-order valence-electron chi connectivity index (χ4n) is 2.97. The normalized spacial score (nSPS) is 18.7. The molecule has 1 aliphatic rings. The molecule has 0 aliphatic carbocycles. The van der Waals surface area contributed by atoms with Gasteiger partial charge in [0.15, 0.2) is 0 Å². The molecule has 1 aliphatic heterocycles. The number of nitrogens with one attached hydrogen (secondary N) is 1. The highest BCUT2D eigenvalue weighted by Gasteiger charge is 2.17. The number of nitrogens with zero attached hydrogens (tertiary/aromatic N) is 2. The van der Waals surface area contributed by atoms with Crippen LogP contribution in [0.1, 0.15) is 43.7 Å². The molecule has 0 saturated carbocycles. The maximum Gasteiger partial charge on any atom is 0.124 e. The highest BCUT2D eigenvalue weighted by Crippen LogP contribution is 2.15. The molecule has 1 fully saturated rings. The van der Waals surface area contributed by atoms with Gasteiger partial charge in [-0.1, -0.05) is 19.4 Å². The zero-order valence-corrected chi connectivity index (χ0v) is 12.7. The number of benzene rings is 1. The van der Waals surface area contributed by atoms with E-state index >= 15 is 0 Å². The van der Waals surface area contributed by atoms with Gasteiger partial charge >= 0.3 is 0 Å². The van der Waals surface area contributed by atoms with Crippen LogP contribution in [0.4, 0.5) is 4.39 Å². The largest absolute Gasteiger partial charge is 0.313 e. The van der Waals surface area contributed by atoms with Crippen LogP contribution in [-0.2, 0) is 6.54 Å². The smallest absolute Gasteiger partial charge is 0.124 e. The summed E-state index contributed by atoms with van der Waals surface area (Å²) in [4.78, 5) is 2.37. The molecule has 1 saturated heterocycles. The van der Waals surface area contributed by atoms with E-state index in [1.807, 2.05) is 0 Å². The Morgan fingerprint density at radius 3 is 2.95 bits per heavy atom. The minimum Gasteiger partial charge on any atom is -0.313 e. The zero-order valence-electron chi connectivity index (χ0n) is 12.7. The number of hydrogen-bond donors (Lipinski definition) is 1. The van der Waals surface area contributed by atoms with E-state index in [-0.39, 0.29) is 5.82 Å². The quantitative estimate of drug-likeness (QED) is 0.875. The van der Waals surface area contributed by atoms with Crippen molar-refractivity contribution in [1.29, 1.82) is 5.26 Å². The highest BCUT2D eigenvalue weighted by atomic mass is 19.1. The molecule has 0 aromatic heterocycles. The molecule has 1 atom stereocenters. The monoisotopic (exact) mass is 289 g/mol. The SMILES string of the molecule is CCCN(Cc1ccc(F)cc1C#N)CC1CCCCN1. The average molecular weight is 289 g/mol. The molecule has 0 amide bonds. The van der Waals surface area contributed by atoms with Crippen LogP contribution in [0.15, 0.2) is 18.2 Å². The summed E-state index contributed by atoms with van der Waals surface area (Å²) in [7, 11) is 0. The summed E-state index contributed by atoms with van der Waals surface area (Å²) in [6.07, 6.45) is 4.85. The van der Waals surface area contributed by atoms with E-state index in [1.54, 1.807) is 6.07 Å². The standard InChI is InChI=1S/C17H24FN3/c1-2-9-21(13-17-5-3-4-8-20-17)12-14-6-7-16(18)10-15(14)11-19/h6-7,10,17,20H,2-5,8-9,12-13H2,1H3. The van der Waals surface area contributed by atoms with Crippen molar-refractivity contribution in [3.05, 3.63) is 35.1 Å². The van der Waals surface area contributed by atoms with Crippen LogP contribution in [0, 0.1) is 17.1 Å². The van der Waals surface area contributed by atoms with Crippen LogP contribution in [-0.4, -0.2) is 30.6 Å². The van der Waals surface area contributed by atoms with E-state index in [2.05, 4.69) is 23.2 Å². The summed E-state index contributed by atoms with van der Waals surface area (Å²) < 4.78 is 13.2. The van der Waals surface area contributed by atoms with Gasteiger partial charge in [-0.05, 0) is 50.0 Å². The number of halogens is 1. The molecule has 21 heavy (non-hydrogen) atoms. The van der Waals surface area contributed by atoms with Crippen molar-refractivity contribution in [2.45, 2.75) is 45.2 Å². The minimum atomic E-state index is -0.341. The summed E-state index contributed by atoms with van der Waals surface area (Å²) in [6.45, 7) is 5.98. The number of hydrogen-bond acceptors (Lipinski definition) is 3. The molecule has 1 aromatic rings. The highest BCUT2D eigenvalue weighted by molar-refractivity contribution is 5.37. The Morgan fingerprint density at radius 1 is 1.43 bits per heavy atom. The van der Waals surface area contributed by atoms with Crippen LogP contribution in [0.2, 0.25) is 0 Å². The summed E-state index contributed by atoms with van der Waals surface area (Å²) in [5.41, 5.74) is 1.37. The lowest BCUT2D eigenvalue weighted by atomic mass is 10.0. The van der Waals surface area contributed by atoms with Crippen molar-refractivity contribution in [3.8, 4) is 6.07 Å². The molecule has 1 heterocycles. The maximum absolute atomic E-state index is 13.2. The maximum atomic E-state index is 13.2. The van der Waals surface area contributed by atoms with Gasteiger partial charge in [0.2, 0.25) is 0 Å². The van der Waals surface area contributed by atoms with Crippen molar-refractivity contribution in [2.75, 3.05) is 19.6 Å². The van der Waals surface area contributed by atoms with Gasteiger partial charge in [0.1, 0.15) is 5.82 Å². The van der Waals surface area contributed by atoms with Gasteiger partial charge in [-0.15, -0.1) is 0 Å². The Balaban J connectivity index is 2.03. The minimum absolute atomic E-state index is 0.341. The third-order valence-corrected chi connectivity index (χ3v) is 4.02. The van der Waals surface area contributed by atoms with E-state index in [0.717, 1.165) is 38.2 Å². The molecular formula is C17H24FN3. The molecule has 1 aromatic carbocycles. The molecular weight excluding hydrogens is 265 g/mol. The van der Waals surface area contributed by atoms with E-state index in [9.17, 15) is 4.39 Å². The Kier molecular flexibility index (Phi) is 6.16. The first-order valence-electron chi connectivity index (χ1n) is 7.87. The second-order valence-corrected chi connectivity index (χ2v) is 5.80. The molecule has 1 unspecified atom stereocenters. The summed E-state index contributed by atoms with van der Waals surface area (Å²) in [6, 6.07) is 7.16. The van der Waals surface area contributed by atoms with Gasteiger partial charge in [-0.2, -0.15) is 5.26 Å². The average Bonchev–Trinajstić information content (AvgIpc) is 2.50. The number of piperidine rings is 1. The van der Waals surface area contributed by atoms with Crippen LogP contribution in [0.3, 0.4) is 0 Å². The summed E-state index contributed by atoms with van der Waals surface area (Å²) in [5.74, 6) is -0.341. The van der Waals surface area contributed by atoms with Gasteiger partial charge in [-0.25, -0.2) is 4.39 Å². The Bertz CT molecular complexity index is 489. The number of rotatable bonds is 6. The van der Waals surface area contributed by atoms with Gasteiger partial charge in [-0.3, -0.25) is 4.90 Å². The van der Waals surface area contributed by atoms with Gasteiger partial charge in [0, 0.05) is 19.1 Å². The van der Waals surface area contributed by atoms with Crippen LogP contribution in [0.25, 0.3) is 0 Å². The predicted molar refractivity (Wildman–Crippen MR) is 82.3 cm³/mol. The number of nitriles is 1. The molecule has 3 nitrogen and oxygen atoms in total. The van der Waals surface area contributed by atoms with Gasteiger partial charge in [0.05, 0.1) is 11.6 Å². The topological polar surface area (TPSA) is 39.1 Å². The van der Waals surface area contributed by atoms with Gasteiger partial charge < -0.3 is 5.32 Å². The first kappa shape index (κ1) is 15.9. The van der Waals surface area contributed by atoms with Crippen LogP contribution >= 0.6 is 0 Å². The third kappa shape index (κ3) is 4.80. The second kappa shape index (κ2) is 8.11. The van der Waals surface area contributed by atoms with Crippen molar-refractivity contribution >= 4 is 0 Å². The molecule has 0 bridgehead atoms. The van der Waals surface area contributed by atoms with Crippen LogP contribution in [0.5, 0.6) is 0 Å². The fraction of sp³-hybridized carbons (Fsp3) is 0.588. The predicted octanol–water partition coefficient (Wildman–Crippen LogP) is 3.05. The lowest BCUT2D eigenvalue weighted by Gasteiger charge is -2.30. The Hall–Kier alpha value is -1.44.